The van der Waals surface area contributed by atoms with Crippen molar-refractivity contribution >= 4 is 11.7 Å². The molecule has 0 atom stereocenters. The Kier molecular flexibility index (Phi) is 5.24. The van der Waals surface area contributed by atoms with Gasteiger partial charge in [-0.05, 0) is 30.3 Å². The average Bonchev–Trinajstić information content (AvgIpc) is 2.63. The molecule has 9 heteroatoms. The lowest BCUT2D eigenvalue weighted by Crippen LogP contribution is -2.43. The molecular formula is C17H17F3N4O2. The van der Waals surface area contributed by atoms with E-state index >= 15 is 0 Å². The maximum absolute atomic E-state index is 12.6. The molecule has 26 heavy (non-hydrogen) atoms. The molecule has 2 aromatic rings. The zero-order chi connectivity index (χ0) is 18.6. The largest absolute Gasteiger partial charge is 0.473 e. The van der Waals surface area contributed by atoms with Crippen molar-refractivity contribution in [2.45, 2.75) is 25.1 Å². The third-order valence-corrected chi connectivity index (χ3v) is 4.03. The number of carbonyl (C=O) groups excluding carboxylic acids is 1. The molecule has 6 nitrogen and oxygen atoms in total. The van der Waals surface area contributed by atoms with E-state index < -0.39 is 11.7 Å². The van der Waals surface area contributed by atoms with Crippen LogP contribution in [-0.2, 0) is 6.18 Å². The third-order valence-electron chi connectivity index (χ3n) is 4.03. The second-order valence-electron chi connectivity index (χ2n) is 5.87. The first-order valence-electron chi connectivity index (χ1n) is 8.09. The fourth-order valence-electron chi connectivity index (χ4n) is 2.64. The van der Waals surface area contributed by atoms with Crippen molar-refractivity contribution in [2.75, 3.05) is 18.4 Å². The molecule has 0 bridgehead atoms. The third kappa shape index (κ3) is 4.62. The molecule has 138 valence electrons. The summed E-state index contributed by atoms with van der Waals surface area (Å²) in [5.74, 6) is 0.445. The van der Waals surface area contributed by atoms with Crippen molar-refractivity contribution in [3.8, 4) is 5.88 Å². The van der Waals surface area contributed by atoms with Crippen LogP contribution in [0.2, 0.25) is 0 Å². The highest BCUT2D eigenvalue weighted by molar-refractivity contribution is 5.89. The zero-order valence-corrected chi connectivity index (χ0v) is 13.7. The Morgan fingerprint density at radius 1 is 1.15 bits per heavy atom. The molecule has 1 N–H and O–H groups in total. The van der Waals surface area contributed by atoms with Crippen LogP contribution in [0.15, 0.2) is 42.6 Å². The number of piperidine rings is 1. The molecule has 0 saturated carbocycles. The SMILES string of the molecule is O=C(Nc1ccc(C(F)(F)F)cc1)N1CCC(Oc2cccnn2)CC1. The number of aromatic nitrogens is 2. The molecule has 1 aliphatic heterocycles. The van der Waals surface area contributed by atoms with Gasteiger partial charge in [-0.25, -0.2) is 4.79 Å². The van der Waals surface area contributed by atoms with Crippen LogP contribution in [0.25, 0.3) is 0 Å². The van der Waals surface area contributed by atoms with Crippen LogP contribution in [0, 0.1) is 0 Å². The van der Waals surface area contributed by atoms with Gasteiger partial charge in [0, 0.05) is 43.9 Å². The highest BCUT2D eigenvalue weighted by Crippen LogP contribution is 2.30. The Morgan fingerprint density at radius 3 is 2.42 bits per heavy atom. The van der Waals surface area contributed by atoms with Gasteiger partial charge >= 0.3 is 12.2 Å². The van der Waals surface area contributed by atoms with Crippen molar-refractivity contribution < 1.29 is 22.7 Å². The van der Waals surface area contributed by atoms with E-state index in [4.69, 9.17) is 4.74 Å². The smallest absolute Gasteiger partial charge is 0.416 e. The number of urea groups is 1. The van der Waals surface area contributed by atoms with E-state index in [0.29, 0.717) is 37.5 Å². The molecule has 1 fully saturated rings. The predicted octanol–water partition coefficient (Wildman–Crippen LogP) is 3.57. The molecule has 1 saturated heterocycles. The van der Waals surface area contributed by atoms with Crippen molar-refractivity contribution in [2.24, 2.45) is 0 Å². The summed E-state index contributed by atoms with van der Waals surface area (Å²) in [6, 6.07) is 7.47. The van der Waals surface area contributed by atoms with Gasteiger partial charge in [-0.2, -0.15) is 18.3 Å². The number of carbonyl (C=O) groups is 1. The summed E-state index contributed by atoms with van der Waals surface area (Å²) in [5, 5.41) is 10.2. The summed E-state index contributed by atoms with van der Waals surface area (Å²) < 4.78 is 43.4. The quantitative estimate of drug-likeness (QED) is 0.902. The van der Waals surface area contributed by atoms with E-state index in [1.165, 1.54) is 12.1 Å². The maximum atomic E-state index is 12.6. The molecule has 1 aromatic heterocycles. The van der Waals surface area contributed by atoms with Crippen LogP contribution >= 0.6 is 0 Å². The van der Waals surface area contributed by atoms with Gasteiger partial charge in [0.1, 0.15) is 6.10 Å². The van der Waals surface area contributed by atoms with Gasteiger partial charge in [0.05, 0.1) is 5.56 Å². The molecule has 0 radical (unpaired) electrons. The molecule has 3 rings (SSSR count). The normalized spacial score (nSPS) is 15.6. The summed E-state index contributed by atoms with van der Waals surface area (Å²) in [7, 11) is 0. The number of benzene rings is 1. The number of hydrogen-bond acceptors (Lipinski definition) is 4. The Morgan fingerprint density at radius 2 is 1.85 bits per heavy atom. The highest BCUT2D eigenvalue weighted by atomic mass is 19.4. The Balaban J connectivity index is 1.49. The van der Waals surface area contributed by atoms with Crippen LogP contribution < -0.4 is 10.1 Å². The number of halogens is 3. The number of hydrogen-bond donors (Lipinski definition) is 1. The van der Waals surface area contributed by atoms with Gasteiger partial charge in [0.25, 0.3) is 0 Å². The van der Waals surface area contributed by atoms with Gasteiger partial charge in [-0.1, -0.05) is 0 Å². The first-order valence-corrected chi connectivity index (χ1v) is 8.09. The van der Waals surface area contributed by atoms with Crippen LogP contribution in [0.4, 0.5) is 23.7 Å². The van der Waals surface area contributed by atoms with E-state index in [2.05, 4.69) is 15.5 Å². The fourth-order valence-corrected chi connectivity index (χ4v) is 2.64. The molecule has 0 aliphatic carbocycles. The lowest BCUT2D eigenvalue weighted by molar-refractivity contribution is -0.137. The van der Waals surface area contributed by atoms with E-state index in [-0.39, 0.29) is 12.1 Å². The fraction of sp³-hybridized carbons (Fsp3) is 0.353. The minimum Gasteiger partial charge on any atom is -0.473 e. The number of rotatable bonds is 3. The van der Waals surface area contributed by atoms with Gasteiger partial charge in [0.15, 0.2) is 0 Å². The number of nitrogens with one attached hydrogen (secondary N) is 1. The lowest BCUT2D eigenvalue weighted by atomic mass is 10.1. The maximum Gasteiger partial charge on any atom is 0.416 e. The number of amides is 2. The average molecular weight is 366 g/mol. The standard InChI is InChI=1S/C17H17F3N4O2/c18-17(19,20)12-3-5-13(6-4-12)22-16(25)24-10-7-14(8-11-24)26-15-2-1-9-21-23-15/h1-6,9,14H,7-8,10-11H2,(H,22,25). The Hall–Kier alpha value is -2.84. The molecule has 2 amide bonds. The van der Waals surface area contributed by atoms with E-state index in [0.717, 1.165) is 12.1 Å². The second-order valence-corrected chi connectivity index (χ2v) is 5.87. The summed E-state index contributed by atoms with van der Waals surface area (Å²) in [6.07, 6.45) is -1.62. The van der Waals surface area contributed by atoms with Crippen molar-refractivity contribution in [1.29, 1.82) is 0 Å². The number of ether oxygens (including phenoxy) is 1. The lowest BCUT2D eigenvalue weighted by Gasteiger charge is -2.31. The molecule has 2 heterocycles. The number of alkyl halides is 3. The summed E-state index contributed by atoms with van der Waals surface area (Å²) >= 11 is 0. The van der Waals surface area contributed by atoms with Crippen molar-refractivity contribution in [1.82, 2.24) is 15.1 Å². The Bertz CT molecular complexity index is 730. The van der Waals surface area contributed by atoms with E-state index in [1.807, 2.05) is 0 Å². The van der Waals surface area contributed by atoms with Gasteiger partial charge in [-0.3, -0.25) is 0 Å². The number of likely N-dealkylation sites (tertiary alicyclic amines) is 1. The first-order chi connectivity index (χ1) is 12.4. The molecule has 1 aliphatic rings. The minimum atomic E-state index is -4.40. The summed E-state index contributed by atoms with van der Waals surface area (Å²) in [6.45, 7) is 0.967. The van der Waals surface area contributed by atoms with Gasteiger partial charge < -0.3 is 15.0 Å². The predicted molar refractivity (Wildman–Crippen MR) is 87.7 cm³/mol. The summed E-state index contributed by atoms with van der Waals surface area (Å²) in [4.78, 5) is 13.8. The topological polar surface area (TPSA) is 67.4 Å². The van der Waals surface area contributed by atoms with Crippen molar-refractivity contribution in [3.63, 3.8) is 0 Å². The van der Waals surface area contributed by atoms with Crippen LogP contribution in [0.1, 0.15) is 18.4 Å². The monoisotopic (exact) mass is 366 g/mol. The Labute approximate surface area is 148 Å². The van der Waals surface area contributed by atoms with E-state index in [9.17, 15) is 18.0 Å². The molecule has 0 spiro atoms. The van der Waals surface area contributed by atoms with Crippen LogP contribution in [0.3, 0.4) is 0 Å². The highest BCUT2D eigenvalue weighted by Gasteiger charge is 2.30. The molecule has 0 unspecified atom stereocenters. The zero-order valence-electron chi connectivity index (χ0n) is 13.7. The number of anilines is 1. The van der Waals surface area contributed by atoms with Crippen LogP contribution in [0.5, 0.6) is 5.88 Å². The molecule has 1 aromatic carbocycles. The van der Waals surface area contributed by atoms with E-state index in [1.54, 1.807) is 23.2 Å². The number of nitrogens with zero attached hydrogens (tertiary/aromatic N) is 3. The first kappa shape index (κ1) is 18.0. The minimum absolute atomic E-state index is 0.0539. The van der Waals surface area contributed by atoms with Crippen molar-refractivity contribution in [3.05, 3.63) is 48.2 Å². The van der Waals surface area contributed by atoms with Gasteiger partial charge in [-0.15, -0.1) is 5.10 Å². The second kappa shape index (κ2) is 7.59. The summed E-state index contributed by atoms with van der Waals surface area (Å²) in [5.41, 5.74) is -0.432. The van der Waals surface area contributed by atoms with Crippen LogP contribution in [-0.4, -0.2) is 40.3 Å². The van der Waals surface area contributed by atoms with Gasteiger partial charge in [0.2, 0.25) is 5.88 Å². The molecular weight excluding hydrogens is 349 g/mol.